The third-order valence-electron chi connectivity index (χ3n) is 17.4. The van der Waals surface area contributed by atoms with E-state index in [0.29, 0.717) is 19.3 Å². The number of hydrogen-bond donors (Lipinski definition) is 9. The van der Waals surface area contributed by atoms with Gasteiger partial charge in [-0.3, -0.25) is 43.2 Å². The van der Waals surface area contributed by atoms with E-state index < -0.39 is 112 Å². The average molecular weight is 1170 g/mol. The first-order chi connectivity index (χ1) is 40.2. The Hall–Kier alpha value is -7.19. The number of carbonyl (C=O) groups excluding carboxylic acids is 9. The number of unbranched alkanes of at least 4 members (excludes halogenated alkanes) is 1. The van der Waals surface area contributed by atoms with Gasteiger partial charge >= 0.3 is 0 Å². The molecule has 2 aliphatic carbocycles. The molecule has 2 saturated heterocycles. The van der Waals surface area contributed by atoms with Gasteiger partial charge in [-0.25, -0.2) is 0 Å². The molecule has 2 aliphatic heterocycles. The van der Waals surface area contributed by atoms with Gasteiger partial charge < -0.3 is 57.7 Å². The van der Waals surface area contributed by atoms with Crippen molar-refractivity contribution in [2.24, 2.45) is 10.8 Å². The number of carbonyl (C=O) groups is 9. The zero-order valence-corrected chi connectivity index (χ0v) is 52.0. The van der Waals surface area contributed by atoms with Gasteiger partial charge in [0.2, 0.25) is 35.4 Å². The van der Waals surface area contributed by atoms with E-state index in [1.165, 1.54) is 28.0 Å². The van der Waals surface area contributed by atoms with Crippen LogP contribution >= 0.6 is 0 Å². The highest BCUT2D eigenvalue weighted by molar-refractivity contribution is 6.05. The van der Waals surface area contributed by atoms with Crippen molar-refractivity contribution in [2.75, 3.05) is 27.2 Å². The number of likely N-dealkylation sites (N-methyl/N-ethyl adjacent to an activating group) is 2. The topological polar surface area (TPSA) is 268 Å². The Morgan fingerprint density at radius 3 is 1.31 bits per heavy atom. The summed E-state index contributed by atoms with van der Waals surface area (Å²) >= 11 is 0. The fourth-order valence-corrected chi connectivity index (χ4v) is 12.1. The van der Waals surface area contributed by atoms with Crippen LogP contribution in [0.5, 0.6) is 0 Å². The SMILES string of the molecule is CCCCC(C)NC(=O)c1cc(C(=O)NC2CC(C(=O)NC3CCCc4ccccc43)N(C(=O)C(NC(=O)C(C)NC)C(C)(C)C)C2)cc(C(=O)NC2CC(C(=O)NC3CCCc4ccccc43)N(C(=O)C(NC(=O)C(C)NC)C(C)(C)C)C2)c1. The number of amides is 9. The fourth-order valence-electron chi connectivity index (χ4n) is 12.1. The molecule has 0 spiro atoms. The van der Waals surface area contributed by atoms with Gasteiger partial charge in [-0.1, -0.05) is 110 Å². The molecule has 20 heteroatoms. The fraction of sp³-hybridized carbons (Fsp3) is 0.585. The summed E-state index contributed by atoms with van der Waals surface area (Å²) in [4.78, 5) is 133. The van der Waals surface area contributed by atoms with Crippen LogP contribution in [0.4, 0.5) is 0 Å². The number of fused-ring (bicyclic) bond motifs is 2. The molecule has 85 heavy (non-hydrogen) atoms. The van der Waals surface area contributed by atoms with Crippen LogP contribution in [0.25, 0.3) is 0 Å². The zero-order chi connectivity index (χ0) is 62.1. The predicted octanol–water partition coefficient (Wildman–Crippen LogP) is 5.06. The maximum Gasteiger partial charge on any atom is 0.251 e. The Bertz CT molecular complexity index is 2780. The maximum absolute atomic E-state index is 14.9. The molecule has 462 valence electrons. The van der Waals surface area contributed by atoms with Gasteiger partial charge in [-0.15, -0.1) is 0 Å². The van der Waals surface area contributed by atoms with Gasteiger partial charge in [-0.05, 0) is 144 Å². The number of benzene rings is 3. The molecular weight excluding hydrogens is 1080 g/mol. The van der Waals surface area contributed by atoms with Gasteiger partial charge in [0.05, 0.1) is 24.2 Å². The Kier molecular flexibility index (Phi) is 21.8. The minimum absolute atomic E-state index is 0.0189. The van der Waals surface area contributed by atoms with Crippen LogP contribution in [-0.2, 0) is 41.6 Å². The van der Waals surface area contributed by atoms with Crippen molar-refractivity contribution in [3.63, 3.8) is 0 Å². The smallest absolute Gasteiger partial charge is 0.251 e. The van der Waals surface area contributed by atoms with Crippen molar-refractivity contribution < 1.29 is 43.2 Å². The van der Waals surface area contributed by atoms with Crippen LogP contribution in [0.3, 0.4) is 0 Å². The summed E-state index contributed by atoms with van der Waals surface area (Å²) in [6.07, 6.45) is 7.34. The van der Waals surface area contributed by atoms with E-state index in [9.17, 15) is 43.2 Å². The largest absolute Gasteiger partial charge is 0.350 e. The summed E-state index contributed by atoms with van der Waals surface area (Å²) in [6, 6.07) is 12.2. The third-order valence-corrected chi connectivity index (χ3v) is 17.4. The molecule has 3 aromatic rings. The van der Waals surface area contributed by atoms with Crippen LogP contribution in [0.15, 0.2) is 66.7 Å². The lowest BCUT2D eigenvalue weighted by Crippen LogP contribution is -2.59. The normalized spacial score (nSPS) is 22.0. The predicted molar refractivity (Wildman–Crippen MR) is 326 cm³/mol. The maximum atomic E-state index is 14.9. The van der Waals surface area contributed by atoms with Gasteiger partial charge in [0.1, 0.15) is 24.2 Å². The molecule has 11 unspecified atom stereocenters. The first-order valence-electron chi connectivity index (χ1n) is 30.6. The van der Waals surface area contributed by atoms with E-state index in [0.717, 1.165) is 60.8 Å². The van der Waals surface area contributed by atoms with E-state index in [-0.39, 0.29) is 60.7 Å². The van der Waals surface area contributed by atoms with E-state index in [1.807, 2.05) is 97.0 Å². The van der Waals surface area contributed by atoms with E-state index in [1.54, 1.807) is 27.9 Å². The van der Waals surface area contributed by atoms with Crippen molar-refractivity contribution >= 4 is 53.2 Å². The quantitative estimate of drug-likeness (QED) is 0.0681. The van der Waals surface area contributed by atoms with Crippen molar-refractivity contribution in [3.8, 4) is 0 Å². The highest BCUT2D eigenvalue weighted by atomic mass is 16.2. The van der Waals surface area contributed by atoms with Crippen LogP contribution in [0.2, 0.25) is 0 Å². The summed E-state index contributed by atoms with van der Waals surface area (Å²) in [5, 5.41) is 27.2. The van der Waals surface area contributed by atoms with Gasteiger partial charge in [0.25, 0.3) is 17.7 Å². The molecule has 2 fully saturated rings. The Labute approximate surface area is 502 Å². The number of rotatable bonds is 21. The molecule has 0 radical (unpaired) electrons. The first-order valence-corrected chi connectivity index (χ1v) is 30.6. The van der Waals surface area contributed by atoms with Crippen LogP contribution in [0, 0.1) is 10.8 Å². The molecule has 0 aromatic heterocycles. The standard InChI is InChI=1S/C65H93N11O9/c1-13-14-21-37(2)68-57(79)42-30-43(58(80)69-45-33-51(60(82)71-49-28-19-24-40-22-15-17-26-47(40)49)75(35-45)62(84)53(64(5,6)7)73-55(77)38(3)66-11)32-44(31-42)59(81)70-46-34-52(61(83)72-50-29-20-25-41-23-16-18-27-48(41)50)76(36-46)63(85)54(65(8,9)10)74-56(78)39(4)67-12/h15-18,22-23,26-27,30-32,37-39,45-46,49-54,66-67H,13-14,19-21,24-25,28-29,33-36H2,1-12H3,(H,68,79)(H,69,80)(H,70,81)(H,71,82)(H,72,83)(H,73,77)(H,74,78). The van der Waals surface area contributed by atoms with Gasteiger partial charge in [-0.2, -0.15) is 0 Å². The molecule has 9 N–H and O–H groups in total. The van der Waals surface area contributed by atoms with Crippen LogP contribution in [-0.4, -0.2) is 145 Å². The lowest BCUT2D eigenvalue weighted by Gasteiger charge is -2.36. The summed E-state index contributed by atoms with van der Waals surface area (Å²) < 4.78 is 0. The highest BCUT2D eigenvalue weighted by Gasteiger charge is 2.48. The monoisotopic (exact) mass is 1170 g/mol. The molecule has 20 nitrogen and oxygen atoms in total. The average Bonchev–Trinajstić information content (AvgIpc) is 2.76. The number of likely N-dealkylation sites (tertiary alicyclic amines) is 2. The van der Waals surface area contributed by atoms with E-state index in [4.69, 9.17) is 0 Å². The molecule has 3 aromatic carbocycles. The van der Waals surface area contributed by atoms with Gasteiger partial charge in [0.15, 0.2) is 0 Å². The van der Waals surface area contributed by atoms with Crippen molar-refractivity contribution in [3.05, 3.63) is 106 Å². The van der Waals surface area contributed by atoms with E-state index >= 15 is 0 Å². The molecule has 9 amide bonds. The highest BCUT2D eigenvalue weighted by Crippen LogP contribution is 2.34. The lowest BCUT2D eigenvalue weighted by molar-refractivity contribution is -0.144. The van der Waals surface area contributed by atoms with E-state index in [2.05, 4.69) is 54.8 Å². The Balaban J connectivity index is 1.19. The summed E-state index contributed by atoms with van der Waals surface area (Å²) in [5.41, 5.74) is 2.64. The summed E-state index contributed by atoms with van der Waals surface area (Å²) in [6.45, 7) is 18.1. The second-order valence-electron chi connectivity index (χ2n) is 26.1. The van der Waals surface area contributed by atoms with Crippen molar-refractivity contribution in [2.45, 2.75) is 206 Å². The Morgan fingerprint density at radius 1 is 0.541 bits per heavy atom. The second kappa shape index (κ2) is 28.3. The summed E-state index contributed by atoms with van der Waals surface area (Å²) in [7, 11) is 3.28. The van der Waals surface area contributed by atoms with Crippen LogP contribution in [0.1, 0.15) is 192 Å². The molecule has 2 heterocycles. The number of hydrogen-bond acceptors (Lipinski definition) is 11. The molecule has 11 atom stereocenters. The Morgan fingerprint density at radius 2 is 0.929 bits per heavy atom. The second-order valence-corrected chi connectivity index (χ2v) is 26.1. The zero-order valence-electron chi connectivity index (χ0n) is 52.0. The number of nitrogens with zero attached hydrogens (tertiary/aromatic N) is 2. The molecule has 0 bridgehead atoms. The first kappa shape index (κ1) is 65.4. The van der Waals surface area contributed by atoms with Crippen molar-refractivity contribution in [1.29, 1.82) is 0 Å². The summed E-state index contributed by atoms with van der Waals surface area (Å²) in [5.74, 6) is -4.46. The van der Waals surface area contributed by atoms with Gasteiger partial charge in [0, 0.05) is 47.9 Å². The molecule has 0 saturated carbocycles. The number of nitrogens with one attached hydrogen (secondary N) is 9. The molecular formula is C65H93N11O9. The molecule has 4 aliphatic rings. The molecule has 7 rings (SSSR count). The third kappa shape index (κ3) is 16.2. The minimum Gasteiger partial charge on any atom is -0.350 e. The minimum atomic E-state index is -1.05. The number of aryl methyl sites for hydroxylation is 2. The lowest BCUT2D eigenvalue weighted by atomic mass is 9.85. The van der Waals surface area contributed by atoms with Crippen LogP contribution < -0.4 is 47.9 Å². The van der Waals surface area contributed by atoms with Crippen molar-refractivity contribution in [1.82, 2.24) is 57.7 Å².